The predicted molar refractivity (Wildman–Crippen MR) is 132 cm³/mol. The van der Waals surface area contributed by atoms with Crippen molar-refractivity contribution in [1.82, 2.24) is 10.1 Å². The molecule has 35 heavy (non-hydrogen) atoms. The third-order valence-electron chi connectivity index (χ3n) is 5.60. The van der Waals surface area contributed by atoms with E-state index in [-0.39, 0.29) is 30.3 Å². The number of para-hydroxylation sites is 1. The van der Waals surface area contributed by atoms with E-state index >= 15 is 0 Å². The maximum Gasteiger partial charge on any atom is 0.325 e. The Bertz CT molecular complexity index is 1340. The van der Waals surface area contributed by atoms with Crippen molar-refractivity contribution < 1.29 is 23.7 Å². The van der Waals surface area contributed by atoms with Gasteiger partial charge in [0.1, 0.15) is 0 Å². The summed E-state index contributed by atoms with van der Waals surface area (Å²) in [4.78, 5) is 42.9. The molecule has 0 saturated heterocycles. The van der Waals surface area contributed by atoms with Crippen LogP contribution in [0.3, 0.4) is 0 Å². The molecule has 0 saturated carbocycles. The number of H-pyrrole nitrogens is 1. The van der Waals surface area contributed by atoms with Gasteiger partial charge in [-0.25, -0.2) is 4.90 Å². The van der Waals surface area contributed by atoms with Gasteiger partial charge in [-0.05, 0) is 48.2 Å². The van der Waals surface area contributed by atoms with Gasteiger partial charge in [0.05, 0.1) is 17.9 Å². The van der Waals surface area contributed by atoms with Crippen molar-refractivity contribution in [3.63, 3.8) is 0 Å². The number of aromatic nitrogens is 3. The average Bonchev–Trinajstić information content (AvgIpc) is 2.88. The number of carbonyl (C=O) groups excluding carboxylic acids is 2. The Labute approximate surface area is 207 Å². The molecule has 1 aromatic heterocycles. The van der Waals surface area contributed by atoms with Gasteiger partial charge >= 0.3 is 17.2 Å². The highest BCUT2D eigenvalue weighted by atomic mass is 32.2. The number of aromatic amines is 1. The first kappa shape index (κ1) is 24.5. The molecule has 0 fully saturated rings. The van der Waals surface area contributed by atoms with Crippen molar-refractivity contribution in [3.05, 3.63) is 58.4 Å². The molecule has 1 amide bonds. The van der Waals surface area contributed by atoms with Crippen molar-refractivity contribution in [2.24, 2.45) is 0 Å². The second-order valence-corrected chi connectivity index (χ2v) is 8.53. The number of fused-ring (bicyclic) bond motifs is 3. The summed E-state index contributed by atoms with van der Waals surface area (Å²) in [5.41, 5.74) is 1.93. The summed E-state index contributed by atoms with van der Waals surface area (Å²) in [5, 5.41) is 5.10. The molecule has 1 aliphatic heterocycles. The van der Waals surface area contributed by atoms with Crippen molar-refractivity contribution in [2.75, 3.05) is 17.8 Å². The van der Waals surface area contributed by atoms with Crippen LogP contribution in [0.1, 0.15) is 45.3 Å². The topological polar surface area (TPSA) is 105 Å². The van der Waals surface area contributed by atoms with Gasteiger partial charge < -0.3 is 9.47 Å². The zero-order chi connectivity index (χ0) is 25.1. The molecule has 1 N–H and O–H groups in total. The van der Waals surface area contributed by atoms with Crippen LogP contribution >= 0.6 is 11.8 Å². The zero-order valence-corrected chi connectivity index (χ0v) is 20.8. The zero-order valence-electron chi connectivity index (χ0n) is 20.0. The summed E-state index contributed by atoms with van der Waals surface area (Å²) >= 11 is 1.30. The molecule has 0 spiro atoms. The SMILES string of the molecule is CCOc1cc([C@@H]2N(C(=O)CC)c3ccccc3-c3c(=O)[nH]c(SC)n[n+]32)ccc1OC(=O)CC. The average molecular weight is 496 g/mol. The van der Waals surface area contributed by atoms with E-state index in [0.29, 0.717) is 45.8 Å². The Morgan fingerprint density at radius 2 is 1.89 bits per heavy atom. The van der Waals surface area contributed by atoms with Gasteiger partial charge in [-0.1, -0.05) is 37.7 Å². The fourth-order valence-corrected chi connectivity index (χ4v) is 4.40. The summed E-state index contributed by atoms with van der Waals surface area (Å²) in [6, 6.07) is 12.4. The summed E-state index contributed by atoms with van der Waals surface area (Å²) in [6.45, 7) is 5.69. The van der Waals surface area contributed by atoms with Crippen LogP contribution in [0.2, 0.25) is 0 Å². The van der Waals surface area contributed by atoms with Gasteiger partial charge in [0, 0.05) is 23.5 Å². The number of hydrogen-bond donors (Lipinski definition) is 1. The van der Waals surface area contributed by atoms with Crippen LogP contribution in [0.5, 0.6) is 11.5 Å². The van der Waals surface area contributed by atoms with Crippen LogP contribution in [-0.2, 0) is 9.59 Å². The number of thioether (sulfide) groups is 1. The van der Waals surface area contributed by atoms with Crippen molar-refractivity contribution in [1.29, 1.82) is 0 Å². The molecule has 0 unspecified atom stereocenters. The number of hydrogen-bond acceptors (Lipinski definition) is 7. The standard InChI is InChI=1S/C25H26N4O5S/c1-5-20(30)28-17-11-9-8-10-16(17)22-23(32)26-25(35-4)27-29(22)24(28)15-12-13-18(34-21(31)6-2)19(14-15)33-7-3/h8-14,24H,5-7H2,1-4H3/p+1/t24-/m1/s1. The molecule has 9 nitrogen and oxygen atoms in total. The second-order valence-electron chi connectivity index (χ2n) is 7.73. The van der Waals surface area contributed by atoms with E-state index in [2.05, 4.69) is 10.1 Å². The lowest BCUT2D eigenvalue weighted by atomic mass is 10.0. The van der Waals surface area contributed by atoms with E-state index < -0.39 is 6.17 Å². The number of nitrogens with zero attached hydrogens (tertiary/aromatic N) is 3. The summed E-state index contributed by atoms with van der Waals surface area (Å²) < 4.78 is 12.8. The molecule has 3 aromatic rings. The minimum absolute atomic E-state index is 0.132. The lowest BCUT2D eigenvalue weighted by Crippen LogP contribution is -2.60. The fourth-order valence-electron chi connectivity index (χ4n) is 4.04. The van der Waals surface area contributed by atoms with E-state index in [1.54, 1.807) is 41.6 Å². The second kappa shape index (κ2) is 10.3. The molecule has 0 radical (unpaired) electrons. The number of amides is 1. The summed E-state index contributed by atoms with van der Waals surface area (Å²) in [6.07, 6.45) is 1.54. The molecule has 2 heterocycles. The third kappa shape index (κ3) is 4.53. The molecule has 1 atom stereocenters. The predicted octanol–water partition coefficient (Wildman–Crippen LogP) is 3.46. The minimum atomic E-state index is -0.754. The van der Waals surface area contributed by atoms with E-state index in [1.807, 2.05) is 37.4 Å². The lowest BCUT2D eigenvalue weighted by molar-refractivity contribution is -0.763. The third-order valence-corrected chi connectivity index (χ3v) is 6.17. The van der Waals surface area contributed by atoms with Gasteiger partial charge in [0.25, 0.3) is 6.17 Å². The number of nitrogens with one attached hydrogen (secondary N) is 1. The van der Waals surface area contributed by atoms with Crippen molar-refractivity contribution in [2.45, 2.75) is 44.9 Å². The van der Waals surface area contributed by atoms with Crippen LogP contribution in [0, 0.1) is 0 Å². The van der Waals surface area contributed by atoms with Gasteiger partial charge in [-0.3, -0.25) is 19.4 Å². The lowest BCUT2D eigenvalue weighted by Gasteiger charge is -2.32. The normalized spacial score (nSPS) is 14.2. The van der Waals surface area contributed by atoms with Crippen LogP contribution < -0.4 is 24.6 Å². The molecule has 2 aromatic carbocycles. The largest absolute Gasteiger partial charge is 0.490 e. The molecule has 182 valence electrons. The Balaban J connectivity index is 1.99. The summed E-state index contributed by atoms with van der Waals surface area (Å²) in [5.74, 6) is 0.144. The summed E-state index contributed by atoms with van der Waals surface area (Å²) in [7, 11) is 0. The highest BCUT2D eigenvalue weighted by Gasteiger charge is 2.45. The van der Waals surface area contributed by atoms with E-state index in [4.69, 9.17) is 9.47 Å². The Kier molecular flexibility index (Phi) is 7.20. The van der Waals surface area contributed by atoms with Crippen LogP contribution in [0.25, 0.3) is 11.3 Å². The highest BCUT2D eigenvalue weighted by molar-refractivity contribution is 7.98. The molecule has 0 aliphatic carbocycles. The van der Waals surface area contributed by atoms with E-state index in [1.165, 1.54) is 11.8 Å². The number of anilines is 1. The Morgan fingerprint density at radius 3 is 2.57 bits per heavy atom. The highest BCUT2D eigenvalue weighted by Crippen LogP contribution is 2.39. The quantitative estimate of drug-likeness (QED) is 0.232. The monoisotopic (exact) mass is 495 g/mol. The fraction of sp³-hybridized carbons (Fsp3) is 0.320. The van der Waals surface area contributed by atoms with E-state index in [9.17, 15) is 14.4 Å². The number of esters is 1. The number of carbonyl (C=O) groups is 2. The van der Waals surface area contributed by atoms with Crippen LogP contribution in [-0.4, -0.2) is 34.8 Å². The van der Waals surface area contributed by atoms with Gasteiger partial charge in [0.2, 0.25) is 11.1 Å². The van der Waals surface area contributed by atoms with Crippen LogP contribution in [0.15, 0.2) is 52.4 Å². The van der Waals surface area contributed by atoms with Gasteiger partial charge in [-0.2, -0.15) is 0 Å². The first-order valence-electron chi connectivity index (χ1n) is 11.4. The van der Waals surface area contributed by atoms with Crippen molar-refractivity contribution in [3.8, 4) is 22.8 Å². The van der Waals surface area contributed by atoms with Gasteiger partial charge in [0.15, 0.2) is 11.5 Å². The van der Waals surface area contributed by atoms with Gasteiger partial charge in [-0.15, -0.1) is 0 Å². The van der Waals surface area contributed by atoms with Crippen LogP contribution in [0.4, 0.5) is 5.69 Å². The molecule has 0 bridgehead atoms. The number of ether oxygens (including phenoxy) is 2. The number of rotatable bonds is 7. The Hall–Kier alpha value is -3.66. The molecule has 4 rings (SSSR count). The Morgan fingerprint density at radius 1 is 1.11 bits per heavy atom. The minimum Gasteiger partial charge on any atom is -0.490 e. The molecule has 1 aliphatic rings. The van der Waals surface area contributed by atoms with E-state index in [0.717, 1.165) is 0 Å². The maximum atomic E-state index is 13.3. The maximum absolute atomic E-state index is 13.3. The molecular formula is C25H27N4O5S+. The van der Waals surface area contributed by atoms with Crippen molar-refractivity contribution >= 4 is 29.3 Å². The smallest absolute Gasteiger partial charge is 0.325 e. The first-order valence-corrected chi connectivity index (χ1v) is 12.6. The molecule has 10 heteroatoms. The number of benzene rings is 2. The molecular weight excluding hydrogens is 468 g/mol. The first-order chi connectivity index (χ1) is 16.9.